The maximum atomic E-state index is 13.8. The third kappa shape index (κ3) is 10.0. The van der Waals surface area contributed by atoms with Crippen molar-refractivity contribution in [1.82, 2.24) is 0 Å². The fourth-order valence-electron chi connectivity index (χ4n) is 7.27. The van der Waals surface area contributed by atoms with E-state index < -0.39 is 106 Å². The minimum atomic E-state index is -2.05. The number of benzene rings is 1. The van der Waals surface area contributed by atoms with Gasteiger partial charge in [-0.05, 0) is 19.9 Å². The van der Waals surface area contributed by atoms with Crippen molar-refractivity contribution in [2.75, 3.05) is 14.2 Å². The highest BCUT2D eigenvalue weighted by atomic mass is 16.7. The van der Waals surface area contributed by atoms with Gasteiger partial charge in [-0.2, -0.15) is 0 Å². The molecule has 0 radical (unpaired) electrons. The Balaban J connectivity index is 1.95. The van der Waals surface area contributed by atoms with Crippen LogP contribution in [0.1, 0.15) is 99.0 Å². The van der Waals surface area contributed by atoms with Crippen LogP contribution in [0.2, 0.25) is 0 Å². The molecular weight excluding hydrogens is 758 g/mol. The zero-order valence-electron chi connectivity index (χ0n) is 34.8. The normalized spacial score (nSPS) is 20.7. The second-order valence-electron chi connectivity index (χ2n) is 14.6. The molecule has 1 aliphatic heterocycles. The summed E-state index contributed by atoms with van der Waals surface area (Å²) in [6, 6.07) is 0. The smallest absolute Gasteiger partial charge is 0.333 e. The summed E-state index contributed by atoms with van der Waals surface area (Å²) >= 11 is 0. The molecule has 1 aliphatic carbocycles. The van der Waals surface area contributed by atoms with Gasteiger partial charge in [-0.25, -0.2) is 4.79 Å². The van der Waals surface area contributed by atoms with E-state index in [0.29, 0.717) is 5.57 Å². The molecule has 0 saturated carbocycles. The average Bonchev–Trinajstić information content (AvgIpc) is 3.41. The molecule has 0 aromatic heterocycles. The van der Waals surface area contributed by atoms with E-state index in [0.717, 1.165) is 12.3 Å². The number of Topliss-reactive ketones (excluding diaryl/α,β-unsaturated/α-hetero) is 2. The number of ether oxygens (including phenoxy) is 7. The molecule has 0 spiro atoms. The molecule has 0 bridgehead atoms. The van der Waals surface area contributed by atoms with Gasteiger partial charge in [-0.15, -0.1) is 0 Å². The molecule has 9 unspecified atom stereocenters. The first-order valence-electron chi connectivity index (χ1n) is 18.5. The summed E-state index contributed by atoms with van der Waals surface area (Å²) in [4.78, 5) is 88.9. The lowest BCUT2D eigenvalue weighted by Crippen LogP contribution is -2.49. The molecule has 9 atom stereocenters. The van der Waals surface area contributed by atoms with Crippen LogP contribution in [0.5, 0.6) is 11.5 Å². The molecule has 16 nitrogen and oxygen atoms in total. The zero-order chi connectivity index (χ0) is 44.0. The molecular formula is C42H53NO15. The van der Waals surface area contributed by atoms with E-state index in [9.17, 15) is 38.7 Å². The summed E-state index contributed by atoms with van der Waals surface area (Å²) in [5, 5.41) is 10.8. The second kappa shape index (κ2) is 19.1. The number of carbonyl (C=O) groups is 7. The highest BCUT2D eigenvalue weighted by Crippen LogP contribution is 2.47. The predicted octanol–water partition coefficient (Wildman–Crippen LogP) is 4.77. The SMILES string of the molecule is COC(=O)/C(C)=C/C=C/C(C)C(OC(C)=O)C(C)C(OC(C)=O)C(C)C(OC(C)=O)C(C)C(/C=C/OC1(C)Oc2c(C)c(O)c3c(c2C1=O)C(=O)C=C(N)C3=O)OC. The van der Waals surface area contributed by atoms with Crippen LogP contribution in [0.3, 0.4) is 0 Å². The highest BCUT2D eigenvalue weighted by Gasteiger charge is 2.51. The average molecular weight is 812 g/mol. The topological polar surface area (TPSA) is 230 Å². The Kier molecular flexibility index (Phi) is 15.4. The number of fused-ring (bicyclic) bond motifs is 3. The van der Waals surface area contributed by atoms with E-state index >= 15 is 0 Å². The van der Waals surface area contributed by atoms with Gasteiger partial charge in [0.25, 0.3) is 5.78 Å². The van der Waals surface area contributed by atoms with Gasteiger partial charge in [0.15, 0.2) is 5.78 Å². The number of phenolic OH excluding ortho intramolecular Hbond substituents is 1. The van der Waals surface area contributed by atoms with E-state index in [1.807, 2.05) is 0 Å². The summed E-state index contributed by atoms with van der Waals surface area (Å²) in [7, 11) is 2.66. The number of esters is 4. The van der Waals surface area contributed by atoms with E-state index in [1.54, 1.807) is 52.8 Å². The quantitative estimate of drug-likeness (QED) is 0.0709. The largest absolute Gasteiger partial charge is 0.507 e. The standard InChI is InChI=1S/C42H53NO15/c1-19(14-13-15-20(2)41(51)53-12)36(55-25(7)44)23(5)38(57-27(9)46)24(6)37(56-26(8)45)21(3)30(52-11)16-17-54-42(10)40(50)33-31-29(47)18-28(43)35(49)32(31)34(48)22(4)39(33)58-42/h13-19,21,23-24,30,36-38,48H,43H2,1-12H3/b14-13+,17-16+,20-15+. The van der Waals surface area contributed by atoms with Crippen molar-refractivity contribution in [1.29, 1.82) is 0 Å². The van der Waals surface area contributed by atoms with Crippen molar-refractivity contribution < 1.29 is 71.8 Å². The number of hydrogen-bond acceptors (Lipinski definition) is 16. The van der Waals surface area contributed by atoms with Crippen LogP contribution in [0.15, 0.2) is 47.9 Å². The predicted molar refractivity (Wildman–Crippen MR) is 206 cm³/mol. The molecule has 0 fully saturated rings. The zero-order valence-corrected chi connectivity index (χ0v) is 34.8. The lowest BCUT2D eigenvalue weighted by molar-refractivity contribution is -0.175. The van der Waals surface area contributed by atoms with Gasteiger partial charge in [0, 0.05) is 75.7 Å². The van der Waals surface area contributed by atoms with Crippen LogP contribution in [-0.4, -0.2) is 90.8 Å². The maximum absolute atomic E-state index is 13.8. The van der Waals surface area contributed by atoms with Crippen LogP contribution >= 0.6 is 0 Å². The van der Waals surface area contributed by atoms with Crippen molar-refractivity contribution in [3.63, 3.8) is 0 Å². The minimum absolute atomic E-state index is 0.0271. The summed E-state index contributed by atoms with van der Waals surface area (Å²) in [5.74, 6) is -10.0. The second-order valence-corrected chi connectivity index (χ2v) is 14.6. The maximum Gasteiger partial charge on any atom is 0.333 e. The molecule has 1 aromatic rings. The first-order chi connectivity index (χ1) is 27.0. The highest BCUT2D eigenvalue weighted by molar-refractivity contribution is 6.30. The van der Waals surface area contributed by atoms with E-state index in [2.05, 4.69) is 0 Å². The summed E-state index contributed by atoms with van der Waals surface area (Å²) < 4.78 is 39.7. The minimum Gasteiger partial charge on any atom is -0.507 e. The van der Waals surface area contributed by atoms with Crippen molar-refractivity contribution in [2.45, 2.75) is 99.4 Å². The lowest BCUT2D eigenvalue weighted by Gasteiger charge is -2.40. The van der Waals surface area contributed by atoms with Gasteiger partial charge in [0.1, 0.15) is 29.8 Å². The van der Waals surface area contributed by atoms with Crippen LogP contribution in [0, 0.1) is 30.6 Å². The van der Waals surface area contributed by atoms with Gasteiger partial charge in [0.05, 0.1) is 41.9 Å². The van der Waals surface area contributed by atoms with Crippen LogP contribution in [-0.2, 0) is 47.6 Å². The van der Waals surface area contributed by atoms with Crippen LogP contribution < -0.4 is 10.5 Å². The Bertz CT molecular complexity index is 1960. The number of carbonyl (C=O) groups excluding carboxylic acids is 7. The molecule has 0 saturated heterocycles. The van der Waals surface area contributed by atoms with Gasteiger partial charge in [-0.3, -0.25) is 28.8 Å². The number of methoxy groups -OCH3 is 2. The molecule has 1 heterocycles. The number of allylic oxidation sites excluding steroid dienone is 4. The molecule has 3 N–H and O–H groups in total. The molecule has 16 heteroatoms. The Labute approximate surface area is 337 Å². The number of aromatic hydroxyl groups is 1. The third-order valence-corrected chi connectivity index (χ3v) is 10.3. The van der Waals surface area contributed by atoms with Crippen LogP contribution in [0.4, 0.5) is 0 Å². The summed E-state index contributed by atoms with van der Waals surface area (Å²) in [6.07, 6.45) is 4.68. The third-order valence-electron chi connectivity index (χ3n) is 10.3. The fraction of sp³-hybridized carbons (Fsp3) is 0.500. The molecule has 1 aromatic carbocycles. The molecule has 316 valence electrons. The first kappa shape index (κ1) is 46.6. The Morgan fingerprint density at radius 3 is 1.88 bits per heavy atom. The number of ketones is 3. The number of rotatable bonds is 17. The van der Waals surface area contributed by atoms with E-state index in [1.165, 1.54) is 54.9 Å². The van der Waals surface area contributed by atoms with Crippen molar-refractivity contribution in [3.05, 3.63) is 70.2 Å². The van der Waals surface area contributed by atoms with Crippen molar-refractivity contribution >= 4 is 41.2 Å². The molecule has 2 aliphatic rings. The monoisotopic (exact) mass is 811 g/mol. The fourth-order valence-corrected chi connectivity index (χ4v) is 7.27. The Hall–Kier alpha value is -5.77. The Morgan fingerprint density at radius 1 is 0.810 bits per heavy atom. The lowest BCUT2D eigenvalue weighted by atomic mass is 9.78. The molecule has 58 heavy (non-hydrogen) atoms. The van der Waals surface area contributed by atoms with E-state index in [-0.39, 0.29) is 28.1 Å². The van der Waals surface area contributed by atoms with E-state index in [4.69, 9.17) is 38.9 Å². The number of phenols is 1. The Morgan fingerprint density at radius 2 is 1.34 bits per heavy atom. The summed E-state index contributed by atoms with van der Waals surface area (Å²) in [5.41, 5.74) is 4.70. The molecule has 3 rings (SSSR count). The van der Waals surface area contributed by atoms with Gasteiger partial charge >= 0.3 is 29.7 Å². The van der Waals surface area contributed by atoms with Crippen molar-refractivity contribution in [2.24, 2.45) is 29.4 Å². The summed E-state index contributed by atoms with van der Waals surface area (Å²) in [6.45, 7) is 14.9. The van der Waals surface area contributed by atoms with Crippen LogP contribution in [0.25, 0.3) is 0 Å². The van der Waals surface area contributed by atoms with Gasteiger partial charge in [0.2, 0.25) is 5.78 Å². The van der Waals surface area contributed by atoms with Gasteiger partial charge in [-0.1, -0.05) is 45.9 Å². The first-order valence-corrected chi connectivity index (χ1v) is 18.5. The van der Waals surface area contributed by atoms with Crippen molar-refractivity contribution in [3.8, 4) is 11.5 Å². The number of nitrogens with two attached hydrogens (primary N) is 1. The number of hydrogen-bond donors (Lipinski definition) is 2. The molecule has 0 amide bonds. The van der Waals surface area contributed by atoms with Gasteiger partial charge < -0.3 is 44.0 Å².